The van der Waals surface area contributed by atoms with E-state index in [1.54, 1.807) is 36.5 Å². The van der Waals surface area contributed by atoms with Gasteiger partial charge in [-0.15, -0.1) is 0 Å². The van der Waals surface area contributed by atoms with Gasteiger partial charge in [0.2, 0.25) is 17.7 Å². The first-order valence-corrected chi connectivity index (χ1v) is 20.4. The molecule has 5 heterocycles. The van der Waals surface area contributed by atoms with Gasteiger partial charge in [-0.2, -0.15) is 5.10 Å². The van der Waals surface area contributed by atoms with Gasteiger partial charge in [-0.25, -0.2) is 23.4 Å². The van der Waals surface area contributed by atoms with Crippen molar-refractivity contribution in [2.24, 2.45) is 0 Å². The zero-order chi connectivity index (χ0) is 44.0. The number of imide groups is 2. The molecular weight excluding hydrogens is 823 g/mol. The second-order valence-corrected chi connectivity index (χ2v) is 15.1. The number of aromatic nitrogens is 4. The quantitative estimate of drug-likeness (QED) is 0.0633. The van der Waals surface area contributed by atoms with Crippen molar-refractivity contribution in [3.05, 3.63) is 101 Å². The van der Waals surface area contributed by atoms with Gasteiger partial charge in [0.05, 0.1) is 55.1 Å². The number of oxazole rings is 1. The lowest BCUT2D eigenvalue weighted by Crippen LogP contribution is -2.54. The van der Waals surface area contributed by atoms with Crippen molar-refractivity contribution in [3.8, 4) is 17.1 Å². The molecule has 1 saturated heterocycles. The number of anilines is 3. The second kappa shape index (κ2) is 19.0. The van der Waals surface area contributed by atoms with Crippen LogP contribution < -0.4 is 26.2 Å². The van der Waals surface area contributed by atoms with E-state index in [1.807, 2.05) is 25.2 Å². The minimum absolute atomic E-state index is 0.0442. The third-order valence-corrected chi connectivity index (χ3v) is 10.7. The van der Waals surface area contributed by atoms with Gasteiger partial charge in [0, 0.05) is 56.6 Å². The maximum atomic E-state index is 14.0. The fourth-order valence-corrected chi connectivity index (χ4v) is 7.25. The second-order valence-electron chi connectivity index (χ2n) is 15.1. The highest BCUT2D eigenvalue weighted by Crippen LogP contribution is 2.34. The van der Waals surface area contributed by atoms with Crippen molar-refractivity contribution < 1.29 is 46.6 Å². The predicted octanol–water partition coefficient (Wildman–Crippen LogP) is 4.35. The van der Waals surface area contributed by atoms with E-state index in [4.69, 9.17) is 13.9 Å². The van der Waals surface area contributed by atoms with Crippen molar-refractivity contribution in [2.45, 2.75) is 50.7 Å². The summed E-state index contributed by atoms with van der Waals surface area (Å²) in [6, 6.07) is 15.0. The molecule has 1 unspecified atom stereocenters. The van der Waals surface area contributed by atoms with Crippen LogP contribution in [0.15, 0.2) is 77.7 Å². The average Bonchev–Trinajstić information content (AvgIpc) is 3.75. The van der Waals surface area contributed by atoms with Crippen LogP contribution in [-0.4, -0.2) is 113 Å². The van der Waals surface area contributed by atoms with E-state index in [2.05, 4.69) is 41.2 Å². The Labute approximate surface area is 359 Å². The Morgan fingerprint density at radius 3 is 2.49 bits per heavy atom. The molecular formula is C43H44F2N10O8. The largest absolute Gasteiger partial charge is 0.444 e. The predicted molar refractivity (Wildman–Crippen MR) is 223 cm³/mol. The molecule has 0 bridgehead atoms. The van der Waals surface area contributed by atoms with Crippen LogP contribution in [0, 0.1) is 0 Å². The number of amides is 5. The van der Waals surface area contributed by atoms with Crippen LogP contribution in [0.3, 0.4) is 0 Å². The van der Waals surface area contributed by atoms with Gasteiger partial charge in [0.1, 0.15) is 18.1 Å². The van der Waals surface area contributed by atoms with Crippen LogP contribution >= 0.6 is 0 Å². The molecule has 328 valence electrons. The Balaban J connectivity index is 0.733. The minimum Gasteiger partial charge on any atom is -0.444 e. The number of pyridine rings is 1. The number of hydrogen-bond acceptors (Lipinski definition) is 14. The van der Waals surface area contributed by atoms with Crippen LogP contribution in [0.2, 0.25) is 0 Å². The van der Waals surface area contributed by atoms with Crippen molar-refractivity contribution in [1.82, 2.24) is 35.3 Å². The van der Waals surface area contributed by atoms with Crippen LogP contribution in [0.5, 0.6) is 0 Å². The van der Waals surface area contributed by atoms with E-state index in [0.717, 1.165) is 29.1 Å². The summed E-state index contributed by atoms with van der Waals surface area (Å²) in [4.78, 5) is 75.0. The number of hydrogen-bond donors (Lipinski definition) is 4. The highest BCUT2D eigenvalue weighted by atomic mass is 19.3. The van der Waals surface area contributed by atoms with E-state index in [-0.39, 0.29) is 41.2 Å². The van der Waals surface area contributed by atoms with Gasteiger partial charge >= 0.3 is 0 Å². The Bertz CT molecular complexity index is 2510. The lowest BCUT2D eigenvalue weighted by molar-refractivity contribution is -0.136. The highest BCUT2D eigenvalue weighted by molar-refractivity contribution is 6.25. The lowest BCUT2D eigenvalue weighted by Gasteiger charge is -2.27. The smallest absolute Gasteiger partial charge is 0.284 e. The first-order valence-electron chi connectivity index (χ1n) is 20.4. The standard InChI is InChI=1S/C43H44F2N10O8/c1-53(27-9-10-27)34-21-26(13-14-48-34)41-50-32(24-63-41)39(57)49-31-23-54(52-37(31)38(44)45)28-7-5-25(6-8-28)22-46-15-17-61-19-20-62-18-16-47-30-4-2-3-29-36(30)43(60)55(42(29)59)33-11-12-35(56)51-40(33)58/h2-8,13-14,21,23-24,27,33,38,46-47H,9-12,15-20,22H2,1H3,(H,49,57)(H,51,56,58). The summed E-state index contributed by atoms with van der Waals surface area (Å²) in [6.45, 7) is 2.83. The third-order valence-electron chi connectivity index (χ3n) is 10.7. The van der Waals surface area contributed by atoms with Gasteiger partial charge in [0.15, 0.2) is 11.4 Å². The zero-order valence-electron chi connectivity index (χ0n) is 34.1. The molecule has 20 heteroatoms. The first kappa shape index (κ1) is 42.8. The summed E-state index contributed by atoms with van der Waals surface area (Å²) in [6.07, 6.45) is 3.52. The maximum absolute atomic E-state index is 14.0. The summed E-state index contributed by atoms with van der Waals surface area (Å²) in [5.74, 6) is -2.02. The Morgan fingerprint density at radius 2 is 1.75 bits per heavy atom. The minimum atomic E-state index is -2.95. The Hall–Kier alpha value is -6.90. The summed E-state index contributed by atoms with van der Waals surface area (Å²) < 4.78 is 46.2. The number of piperidine rings is 1. The number of nitrogens with one attached hydrogen (secondary N) is 4. The molecule has 5 aromatic rings. The number of ether oxygens (including phenoxy) is 2. The Morgan fingerprint density at radius 1 is 0.968 bits per heavy atom. The monoisotopic (exact) mass is 866 g/mol. The zero-order valence-corrected chi connectivity index (χ0v) is 34.1. The fourth-order valence-electron chi connectivity index (χ4n) is 7.25. The number of carbonyl (C=O) groups excluding carboxylic acids is 5. The topological polar surface area (TPSA) is 215 Å². The number of nitrogens with zero attached hydrogens (tertiary/aromatic N) is 6. The summed E-state index contributed by atoms with van der Waals surface area (Å²) in [5, 5.41) is 15.1. The number of halogens is 2. The molecule has 1 atom stereocenters. The van der Waals surface area contributed by atoms with E-state index in [9.17, 15) is 32.8 Å². The van der Waals surface area contributed by atoms with E-state index in [0.29, 0.717) is 69.0 Å². The molecule has 4 N–H and O–H groups in total. The van der Waals surface area contributed by atoms with Crippen molar-refractivity contribution in [3.63, 3.8) is 0 Å². The summed E-state index contributed by atoms with van der Waals surface area (Å²) in [5.41, 5.74) is 2.08. The molecule has 3 aliphatic rings. The van der Waals surface area contributed by atoms with E-state index < -0.39 is 47.7 Å². The van der Waals surface area contributed by atoms with Gasteiger partial charge < -0.3 is 34.7 Å². The molecule has 18 nitrogen and oxygen atoms in total. The molecule has 8 rings (SSSR count). The molecule has 1 aliphatic carbocycles. The molecule has 2 fully saturated rings. The maximum Gasteiger partial charge on any atom is 0.284 e. The number of fused-ring (bicyclic) bond motifs is 1. The van der Waals surface area contributed by atoms with E-state index >= 15 is 0 Å². The molecule has 2 aromatic carbocycles. The normalized spacial score (nSPS) is 16.1. The van der Waals surface area contributed by atoms with E-state index in [1.165, 1.54) is 23.2 Å². The molecule has 0 radical (unpaired) electrons. The van der Waals surface area contributed by atoms with Crippen LogP contribution in [0.25, 0.3) is 17.1 Å². The average molecular weight is 867 g/mol. The van der Waals surface area contributed by atoms with Crippen LogP contribution in [0.4, 0.5) is 26.0 Å². The fraction of sp³-hybridized carbons (Fsp3) is 0.349. The number of carbonyl (C=O) groups is 5. The SMILES string of the molecule is CN(c1cc(-c2nc(C(=O)Nc3cn(-c4ccc(CNCCOCCOCCNc5cccc6c5C(=O)N(C5CCC(=O)NC5=O)C6=O)cc4)nc3C(F)F)co2)ccn1)C1CC1. The molecule has 3 aromatic heterocycles. The van der Waals surface area contributed by atoms with Gasteiger partial charge in [-0.05, 0) is 61.2 Å². The van der Waals surface area contributed by atoms with Gasteiger partial charge in [-0.3, -0.25) is 34.2 Å². The third kappa shape index (κ3) is 9.77. The first-order chi connectivity index (χ1) is 30.5. The molecule has 5 amide bonds. The lowest BCUT2D eigenvalue weighted by atomic mass is 10.0. The van der Waals surface area contributed by atoms with Crippen molar-refractivity contribution >= 4 is 46.7 Å². The van der Waals surface area contributed by atoms with Crippen LogP contribution in [0.1, 0.15) is 74.6 Å². The van der Waals surface area contributed by atoms with Gasteiger partial charge in [0.25, 0.3) is 24.1 Å². The van der Waals surface area contributed by atoms with Crippen molar-refractivity contribution in [1.29, 1.82) is 0 Å². The number of benzene rings is 2. The van der Waals surface area contributed by atoms with Gasteiger partial charge in [-0.1, -0.05) is 18.2 Å². The molecule has 1 saturated carbocycles. The summed E-state index contributed by atoms with van der Waals surface area (Å²) >= 11 is 0. The number of alkyl halides is 2. The molecule has 2 aliphatic heterocycles. The van der Waals surface area contributed by atoms with Crippen molar-refractivity contribution in [2.75, 3.05) is 62.1 Å². The summed E-state index contributed by atoms with van der Waals surface area (Å²) in [7, 11) is 1.97. The molecule has 0 spiro atoms. The number of rotatable bonds is 20. The highest BCUT2D eigenvalue weighted by Gasteiger charge is 2.45. The van der Waals surface area contributed by atoms with Crippen LogP contribution in [-0.2, 0) is 25.6 Å². The Kier molecular flexibility index (Phi) is 12.9. The molecule has 63 heavy (non-hydrogen) atoms.